The molecule has 0 radical (unpaired) electrons. The molecule has 1 aromatic heterocycles. The normalized spacial score (nSPS) is 13.2. The Bertz CT molecular complexity index is 957. The molecular weight excluding hydrogens is 346 g/mol. The topological polar surface area (TPSA) is 45.2 Å². The molecule has 26 heavy (non-hydrogen) atoms. The Balaban J connectivity index is 1.53. The van der Waals surface area contributed by atoms with Crippen molar-refractivity contribution in [1.82, 2.24) is 9.88 Å². The highest BCUT2D eigenvalue weighted by Crippen LogP contribution is 2.25. The van der Waals surface area contributed by atoms with Gasteiger partial charge in [0.25, 0.3) is 5.91 Å². The first-order valence-electron chi connectivity index (χ1n) is 8.54. The summed E-state index contributed by atoms with van der Waals surface area (Å²) >= 11 is 6.18. The molecule has 1 N–H and O–H groups in total. The number of fused-ring (bicyclic) bond motifs is 1. The second-order valence-electron chi connectivity index (χ2n) is 6.28. The zero-order valence-corrected chi connectivity index (χ0v) is 14.9. The quantitative estimate of drug-likeness (QED) is 0.735. The fraction of sp³-hybridized carbons (Fsp3) is 0.143. The zero-order chi connectivity index (χ0) is 17.9. The molecule has 0 aliphatic carbocycles. The lowest BCUT2D eigenvalue weighted by atomic mass is 9.99. The Morgan fingerprint density at radius 3 is 2.65 bits per heavy atom. The molecule has 2 aromatic carbocycles. The summed E-state index contributed by atoms with van der Waals surface area (Å²) in [5.41, 5.74) is 3.93. The summed E-state index contributed by atoms with van der Waals surface area (Å²) in [6, 6.07) is 19.3. The van der Waals surface area contributed by atoms with E-state index >= 15 is 0 Å². The number of hydrogen-bond acceptors (Lipinski definition) is 3. The summed E-state index contributed by atoms with van der Waals surface area (Å²) in [5, 5.41) is 3.78. The molecule has 0 unspecified atom stereocenters. The van der Waals surface area contributed by atoms with Gasteiger partial charge in [-0.15, -0.1) is 0 Å². The molecule has 130 valence electrons. The lowest BCUT2D eigenvalue weighted by Crippen LogP contribution is -2.35. The summed E-state index contributed by atoms with van der Waals surface area (Å²) in [7, 11) is 0. The molecule has 4 nitrogen and oxygen atoms in total. The molecule has 5 heteroatoms. The maximum atomic E-state index is 12.9. The van der Waals surface area contributed by atoms with Crippen LogP contribution in [0, 0.1) is 0 Å². The van der Waals surface area contributed by atoms with Crippen LogP contribution < -0.4 is 5.32 Å². The smallest absolute Gasteiger partial charge is 0.254 e. The minimum Gasteiger partial charge on any atom is -0.339 e. The number of benzene rings is 2. The van der Waals surface area contributed by atoms with Crippen LogP contribution in [0.4, 0.5) is 11.5 Å². The Morgan fingerprint density at radius 2 is 1.81 bits per heavy atom. The van der Waals surface area contributed by atoms with Crippen LogP contribution in [-0.4, -0.2) is 22.3 Å². The van der Waals surface area contributed by atoms with E-state index in [2.05, 4.69) is 22.4 Å². The third-order valence-electron chi connectivity index (χ3n) is 4.56. The number of aromatic nitrogens is 1. The molecule has 0 saturated carbocycles. The summed E-state index contributed by atoms with van der Waals surface area (Å²) < 4.78 is 0. The average molecular weight is 364 g/mol. The van der Waals surface area contributed by atoms with Gasteiger partial charge in [-0.1, -0.05) is 48.0 Å². The average Bonchev–Trinajstić information content (AvgIpc) is 2.69. The van der Waals surface area contributed by atoms with Crippen molar-refractivity contribution in [2.24, 2.45) is 0 Å². The number of pyridine rings is 1. The van der Waals surface area contributed by atoms with Gasteiger partial charge in [-0.3, -0.25) is 4.79 Å². The first-order chi connectivity index (χ1) is 12.7. The van der Waals surface area contributed by atoms with Crippen LogP contribution in [-0.2, 0) is 13.0 Å². The van der Waals surface area contributed by atoms with Gasteiger partial charge in [0.15, 0.2) is 0 Å². The van der Waals surface area contributed by atoms with E-state index in [9.17, 15) is 4.79 Å². The molecule has 2 heterocycles. The third-order valence-corrected chi connectivity index (χ3v) is 4.89. The lowest BCUT2D eigenvalue weighted by Gasteiger charge is -2.29. The van der Waals surface area contributed by atoms with Gasteiger partial charge in [0, 0.05) is 24.8 Å². The van der Waals surface area contributed by atoms with E-state index in [0.717, 1.165) is 18.7 Å². The van der Waals surface area contributed by atoms with Crippen molar-refractivity contribution in [3.8, 4) is 0 Å². The molecule has 4 rings (SSSR count). The molecule has 0 bridgehead atoms. The highest BCUT2D eigenvalue weighted by molar-refractivity contribution is 6.33. The number of carbonyl (C=O) groups is 1. The number of halogens is 1. The van der Waals surface area contributed by atoms with Crippen LogP contribution in [0.3, 0.4) is 0 Å². The van der Waals surface area contributed by atoms with Crippen molar-refractivity contribution in [2.45, 2.75) is 13.0 Å². The molecule has 0 spiro atoms. The number of carbonyl (C=O) groups excluding carboxylic acids is 1. The van der Waals surface area contributed by atoms with Gasteiger partial charge in [-0.05, 0) is 41.8 Å². The maximum Gasteiger partial charge on any atom is 0.254 e. The molecule has 0 atom stereocenters. The van der Waals surface area contributed by atoms with Crippen LogP contribution in [0.25, 0.3) is 0 Å². The Kier molecular flexibility index (Phi) is 4.59. The molecular formula is C21H18ClN3O. The molecule has 0 fully saturated rings. The maximum absolute atomic E-state index is 12.9. The first kappa shape index (κ1) is 16.6. The van der Waals surface area contributed by atoms with Crippen molar-refractivity contribution < 1.29 is 4.79 Å². The van der Waals surface area contributed by atoms with Crippen LogP contribution in [0.1, 0.15) is 21.5 Å². The number of nitrogens with one attached hydrogen (secondary N) is 1. The standard InChI is InChI=1S/C21H18ClN3O/c22-18-7-3-4-8-19(18)24-20-13-16(9-11-23-20)21(26)25-12-10-15-5-1-2-6-17(15)14-25/h1-9,11,13H,10,12,14H2,(H,23,24). The van der Waals surface area contributed by atoms with Crippen molar-refractivity contribution >= 4 is 29.0 Å². The monoisotopic (exact) mass is 363 g/mol. The number of rotatable bonds is 3. The minimum absolute atomic E-state index is 0.0177. The molecule has 3 aromatic rings. The van der Waals surface area contributed by atoms with E-state index in [-0.39, 0.29) is 5.91 Å². The predicted octanol–water partition coefficient (Wildman–Crippen LogP) is 4.68. The van der Waals surface area contributed by atoms with Gasteiger partial charge >= 0.3 is 0 Å². The first-order valence-corrected chi connectivity index (χ1v) is 8.92. The molecule has 1 amide bonds. The van der Waals surface area contributed by atoms with Gasteiger partial charge in [-0.25, -0.2) is 4.98 Å². The SMILES string of the molecule is O=C(c1ccnc(Nc2ccccc2Cl)c1)N1CCc2ccccc2C1. The van der Waals surface area contributed by atoms with E-state index in [0.29, 0.717) is 22.9 Å². The Labute approximate surface area is 157 Å². The fourth-order valence-corrected chi connectivity index (χ4v) is 3.37. The second-order valence-corrected chi connectivity index (χ2v) is 6.69. The van der Waals surface area contributed by atoms with Gasteiger partial charge in [0.05, 0.1) is 10.7 Å². The summed E-state index contributed by atoms with van der Waals surface area (Å²) in [5.74, 6) is 0.616. The fourth-order valence-electron chi connectivity index (χ4n) is 3.18. The van der Waals surface area contributed by atoms with Crippen molar-refractivity contribution in [3.05, 3.63) is 88.6 Å². The minimum atomic E-state index is 0.0177. The highest BCUT2D eigenvalue weighted by atomic mass is 35.5. The third kappa shape index (κ3) is 3.41. The number of amides is 1. The Morgan fingerprint density at radius 1 is 1.04 bits per heavy atom. The second kappa shape index (κ2) is 7.18. The van der Waals surface area contributed by atoms with E-state index in [4.69, 9.17) is 11.6 Å². The molecule has 1 aliphatic rings. The number of para-hydroxylation sites is 1. The zero-order valence-electron chi connectivity index (χ0n) is 14.2. The Hall–Kier alpha value is -2.85. The number of anilines is 2. The van der Waals surface area contributed by atoms with Gasteiger partial charge in [0.2, 0.25) is 0 Å². The van der Waals surface area contributed by atoms with E-state index in [1.54, 1.807) is 18.3 Å². The number of hydrogen-bond donors (Lipinski definition) is 1. The lowest BCUT2D eigenvalue weighted by molar-refractivity contribution is 0.0734. The molecule has 1 aliphatic heterocycles. The predicted molar refractivity (Wildman–Crippen MR) is 104 cm³/mol. The van der Waals surface area contributed by atoms with E-state index in [1.807, 2.05) is 41.3 Å². The number of nitrogens with zero attached hydrogens (tertiary/aromatic N) is 2. The van der Waals surface area contributed by atoms with Crippen molar-refractivity contribution in [1.29, 1.82) is 0 Å². The van der Waals surface area contributed by atoms with Gasteiger partial charge in [0.1, 0.15) is 5.82 Å². The van der Waals surface area contributed by atoms with Gasteiger partial charge < -0.3 is 10.2 Å². The summed E-state index contributed by atoms with van der Waals surface area (Å²) in [6.45, 7) is 1.37. The summed E-state index contributed by atoms with van der Waals surface area (Å²) in [6.07, 6.45) is 2.53. The highest BCUT2D eigenvalue weighted by Gasteiger charge is 2.21. The van der Waals surface area contributed by atoms with Crippen LogP contribution >= 0.6 is 11.6 Å². The van der Waals surface area contributed by atoms with E-state index < -0.39 is 0 Å². The van der Waals surface area contributed by atoms with Crippen molar-refractivity contribution in [2.75, 3.05) is 11.9 Å². The van der Waals surface area contributed by atoms with Crippen LogP contribution in [0.2, 0.25) is 5.02 Å². The molecule has 0 saturated heterocycles. The summed E-state index contributed by atoms with van der Waals surface area (Å²) in [4.78, 5) is 19.1. The van der Waals surface area contributed by atoms with E-state index in [1.165, 1.54) is 11.1 Å². The van der Waals surface area contributed by atoms with Gasteiger partial charge in [-0.2, -0.15) is 0 Å². The van der Waals surface area contributed by atoms with Crippen LogP contribution in [0.15, 0.2) is 66.9 Å². The van der Waals surface area contributed by atoms with Crippen LogP contribution in [0.5, 0.6) is 0 Å². The largest absolute Gasteiger partial charge is 0.339 e. The van der Waals surface area contributed by atoms with Crippen molar-refractivity contribution in [3.63, 3.8) is 0 Å².